The van der Waals surface area contributed by atoms with Crippen LogP contribution in [-0.2, 0) is 11.3 Å². The number of carboxylic acid groups (broad SMARTS) is 1. The zero-order valence-electron chi connectivity index (χ0n) is 9.90. The molecule has 0 heterocycles. The summed E-state index contributed by atoms with van der Waals surface area (Å²) in [5, 5.41) is 9.46. The average molecular weight is 333 g/mol. The van der Waals surface area contributed by atoms with Crippen LogP contribution >= 0.6 is 27.5 Å². The standard InChI is InChI=1S/C13H15BrClNO2/c14-11-7-9(1-4-12(11)15)8-16(10-2-3-10)6-5-13(17)18/h1,4,7,10H,2-3,5-6,8H2,(H,17,18). The lowest BCUT2D eigenvalue weighted by atomic mass is 10.2. The first-order chi connectivity index (χ1) is 8.56. The van der Waals surface area contributed by atoms with Crippen LogP contribution in [0.1, 0.15) is 24.8 Å². The number of carboxylic acids is 1. The molecule has 0 bridgehead atoms. The van der Waals surface area contributed by atoms with E-state index in [4.69, 9.17) is 16.7 Å². The van der Waals surface area contributed by atoms with Crippen molar-refractivity contribution in [3.05, 3.63) is 33.3 Å². The lowest BCUT2D eigenvalue weighted by molar-refractivity contribution is -0.137. The summed E-state index contributed by atoms with van der Waals surface area (Å²) in [5.74, 6) is -0.738. The second-order valence-electron chi connectivity index (χ2n) is 4.59. The van der Waals surface area contributed by atoms with Crippen LogP contribution in [0.25, 0.3) is 0 Å². The largest absolute Gasteiger partial charge is 0.481 e. The Labute approximate surface area is 120 Å². The Morgan fingerprint density at radius 3 is 2.78 bits per heavy atom. The van der Waals surface area contributed by atoms with Gasteiger partial charge < -0.3 is 5.11 Å². The zero-order chi connectivity index (χ0) is 13.1. The quantitative estimate of drug-likeness (QED) is 0.866. The van der Waals surface area contributed by atoms with Crippen LogP contribution in [0.2, 0.25) is 5.02 Å². The van der Waals surface area contributed by atoms with E-state index in [0.29, 0.717) is 17.6 Å². The van der Waals surface area contributed by atoms with Gasteiger partial charge in [0.15, 0.2) is 0 Å². The van der Waals surface area contributed by atoms with E-state index in [-0.39, 0.29) is 6.42 Å². The summed E-state index contributed by atoms with van der Waals surface area (Å²) in [4.78, 5) is 12.9. The molecule has 0 saturated heterocycles. The molecule has 0 aromatic heterocycles. The van der Waals surface area contributed by atoms with Crippen LogP contribution in [0.3, 0.4) is 0 Å². The van der Waals surface area contributed by atoms with E-state index in [1.54, 1.807) is 0 Å². The van der Waals surface area contributed by atoms with Gasteiger partial charge in [-0.3, -0.25) is 9.69 Å². The molecule has 0 unspecified atom stereocenters. The maximum atomic E-state index is 10.6. The molecule has 18 heavy (non-hydrogen) atoms. The second-order valence-corrected chi connectivity index (χ2v) is 5.86. The van der Waals surface area contributed by atoms with Gasteiger partial charge in [0.05, 0.1) is 11.4 Å². The predicted molar refractivity (Wildman–Crippen MR) is 74.8 cm³/mol. The van der Waals surface area contributed by atoms with E-state index in [0.717, 1.165) is 16.6 Å². The Morgan fingerprint density at radius 2 is 2.22 bits per heavy atom. The van der Waals surface area contributed by atoms with Crippen molar-refractivity contribution in [3.8, 4) is 0 Å². The van der Waals surface area contributed by atoms with Crippen molar-refractivity contribution < 1.29 is 9.90 Å². The van der Waals surface area contributed by atoms with Crippen LogP contribution in [0.5, 0.6) is 0 Å². The summed E-state index contributed by atoms with van der Waals surface area (Å²) in [6.07, 6.45) is 2.55. The van der Waals surface area contributed by atoms with Gasteiger partial charge in [-0.15, -0.1) is 0 Å². The van der Waals surface area contributed by atoms with Gasteiger partial charge in [0.25, 0.3) is 0 Å². The molecule has 1 saturated carbocycles. The van der Waals surface area contributed by atoms with E-state index in [1.807, 2.05) is 18.2 Å². The molecule has 1 aliphatic rings. The van der Waals surface area contributed by atoms with Gasteiger partial charge in [0.2, 0.25) is 0 Å². The van der Waals surface area contributed by atoms with E-state index in [9.17, 15) is 4.79 Å². The van der Waals surface area contributed by atoms with Gasteiger partial charge in [-0.25, -0.2) is 0 Å². The summed E-state index contributed by atoms with van der Waals surface area (Å²) in [6, 6.07) is 6.41. The van der Waals surface area contributed by atoms with Crippen molar-refractivity contribution >= 4 is 33.5 Å². The molecule has 0 atom stereocenters. The van der Waals surface area contributed by atoms with E-state index in [1.165, 1.54) is 12.8 Å². The van der Waals surface area contributed by atoms with Crippen LogP contribution in [0.4, 0.5) is 0 Å². The Hall–Kier alpha value is -0.580. The van der Waals surface area contributed by atoms with Gasteiger partial charge in [-0.2, -0.15) is 0 Å². The lowest BCUT2D eigenvalue weighted by Gasteiger charge is -2.21. The first-order valence-electron chi connectivity index (χ1n) is 5.96. The molecular formula is C13H15BrClNO2. The molecule has 0 amide bonds. The monoisotopic (exact) mass is 331 g/mol. The Balaban J connectivity index is 1.99. The average Bonchev–Trinajstić information content (AvgIpc) is 3.13. The fourth-order valence-electron chi connectivity index (χ4n) is 1.94. The summed E-state index contributed by atoms with van der Waals surface area (Å²) in [7, 11) is 0. The highest BCUT2D eigenvalue weighted by Crippen LogP contribution is 2.30. The minimum Gasteiger partial charge on any atom is -0.481 e. The number of halogens is 2. The zero-order valence-corrected chi connectivity index (χ0v) is 12.2. The Kier molecular flexibility index (Phi) is 4.65. The summed E-state index contributed by atoms with van der Waals surface area (Å²) in [5.41, 5.74) is 1.16. The fraction of sp³-hybridized carbons (Fsp3) is 0.462. The van der Waals surface area contributed by atoms with Gasteiger partial charge in [-0.1, -0.05) is 17.7 Å². The molecule has 98 valence electrons. The van der Waals surface area contributed by atoms with Crippen LogP contribution < -0.4 is 0 Å². The smallest absolute Gasteiger partial charge is 0.304 e. The number of carbonyl (C=O) groups is 1. The highest BCUT2D eigenvalue weighted by molar-refractivity contribution is 9.10. The molecular weight excluding hydrogens is 318 g/mol. The predicted octanol–water partition coefficient (Wildman–Crippen LogP) is 3.54. The van der Waals surface area contributed by atoms with Crippen molar-refractivity contribution in [2.75, 3.05) is 6.54 Å². The van der Waals surface area contributed by atoms with E-state index in [2.05, 4.69) is 20.8 Å². The van der Waals surface area contributed by atoms with Crippen molar-refractivity contribution in [1.29, 1.82) is 0 Å². The third-order valence-corrected chi connectivity index (χ3v) is 4.26. The molecule has 0 spiro atoms. The van der Waals surface area contributed by atoms with Gasteiger partial charge in [0.1, 0.15) is 0 Å². The molecule has 1 aromatic rings. The van der Waals surface area contributed by atoms with Crippen molar-refractivity contribution in [3.63, 3.8) is 0 Å². The Bertz CT molecular complexity index is 449. The van der Waals surface area contributed by atoms with Gasteiger partial charge >= 0.3 is 5.97 Å². The molecule has 5 heteroatoms. The summed E-state index contributed by atoms with van der Waals surface area (Å²) < 4.78 is 0.885. The lowest BCUT2D eigenvalue weighted by Crippen LogP contribution is -2.28. The summed E-state index contributed by atoms with van der Waals surface area (Å²) in [6.45, 7) is 1.40. The Morgan fingerprint density at radius 1 is 1.50 bits per heavy atom. The molecule has 1 N–H and O–H groups in total. The minimum atomic E-state index is -0.738. The topological polar surface area (TPSA) is 40.5 Å². The maximum absolute atomic E-state index is 10.6. The fourth-order valence-corrected chi connectivity index (χ4v) is 2.49. The number of nitrogens with zero attached hydrogens (tertiary/aromatic N) is 1. The first-order valence-corrected chi connectivity index (χ1v) is 7.13. The maximum Gasteiger partial charge on any atom is 0.304 e. The van der Waals surface area contributed by atoms with Crippen LogP contribution in [-0.4, -0.2) is 28.6 Å². The highest BCUT2D eigenvalue weighted by atomic mass is 79.9. The number of hydrogen-bond donors (Lipinski definition) is 1. The summed E-state index contributed by atoms with van der Waals surface area (Å²) >= 11 is 9.36. The highest BCUT2D eigenvalue weighted by Gasteiger charge is 2.29. The molecule has 1 fully saturated rings. The van der Waals surface area contributed by atoms with Gasteiger partial charge in [-0.05, 0) is 46.5 Å². The number of hydrogen-bond acceptors (Lipinski definition) is 2. The first kappa shape index (κ1) is 13.8. The SMILES string of the molecule is O=C(O)CCN(Cc1ccc(Cl)c(Br)c1)C1CC1. The third kappa shape index (κ3) is 3.97. The molecule has 1 aliphatic carbocycles. The molecule has 0 radical (unpaired) electrons. The van der Waals surface area contributed by atoms with E-state index >= 15 is 0 Å². The third-order valence-electron chi connectivity index (χ3n) is 3.05. The number of aliphatic carboxylic acids is 1. The number of rotatable bonds is 6. The molecule has 0 aliphatic heterocycles. The number of benzene rings is 1. The second kappa shape index (κ2) is 6.04. The molecule has 3 nitrogen and oxygen atoms in total. The molecule has 1 aromatic carbocycles. The normalized spacial score (nSPS) is 15.1. The van der Waals surface area contributed by atoms with Crippen LogP contribution in [0.15, 0.2) is 22.7 Å². The van der Waals surface area contributed by atoms with Crippen molar-refractivity contribution in [2.24, 2.45) is 0 Å². The van der Waals surface area contributed by atoms with Crippen molar-refractivity contribution in [1.82, 2.24) is 4.90 Å². The van der Waals surface area contributed by atoms with Crippen molar-refractivity contribution in [2.45, 2.75) is 31.8 Å². The molecule has 2 rings (SSSR count). The van der Waals surface area contributed by atoms with Gasteiger partial charge in [0, 0.05) is 23.6 Å². The van der Waals surface area contributed by atoms with E-state index < -0.39 is 5.97 Å². The minimum absolute atomic E-state index is 0.200. The van der Waals surface area contributed by atoms with Crippen LogP contribution in [0, 0.1) is 0 Å².